The van der Waals surface area contributed by atoms with Crippen LogP contribution in [0.5, 0.6) is 0 Å². The van der Waals surface area contributed by atoms with E-state index < -0.39 is 16.4 Å². The highest BCUT2D eigenvalue weighted by molar-refractivity contribution is 5.82. The van der Waals surface area contributed by atoms with Gasteiger partial charge in [-0.25, -0.2) is 0 Å². The molecular weight excluding hydrogens is 187 g/mol. The molecule has 0 N–H and O–H groups in total. The Morgan fingerprint density at radius 3 is 2.86 bits per heavy atom. The first-order chi connectivity index (χ1) is 6.59. The van der Waals surface area contributed by atoms with E-state index in [-0.39, 0.29) is 0 Å². The molecular formula is C9H7FN2O2. The normalized spacial score (nSPS) is 10.7. The van der Waals surface area contributed by atoms with Gasteiger partial charge in [0.25, 0.3) is 0 Å². The Morgan fingerprint density at radius 2 is 2.21 bits per heavy atom. The van der Waals surface area contributed by atoms with Gasteiger partial charge in [0.15, 0.2) is 0 Å². The molecule has 2 rings (SSSR count). The monoisotopic (exact) mass is 194 g/mol. The van der Waals surface area contributed by atoms with E-state index in [9.17, 15) is 14.5 Å². The Morgan fingerprint density at radius 1 is 1.50 bits per heavy atom. The molecule has 0 saturated carbocycles. The molecule has 0 aliphatic carbocycles. The number of rotatable bonds is 1. The van der Waals surface area contributed by atoms with Crippen LogP contribution in [0.25, 0.3) is 10.9 Å². The summed E-state index contributed by atoms with van der Waals surface area (Å²) in [5, 5.41) is 11.1. The van der Waals surface area contributed by atoms with Crippen molar-refractivity contribution >= 4 is 16.6 Å². The zero-order valence-corrected chi connectivity index (χ0v) is 7.40. The Balaban J connectivity index is 2.79. The number of nitro groups is 1. The zero-order valence-electron chi connectivity index (χ0n) is 7.40. The third-order valence-electron chi connectivity index (χ3n) is 2.15. The molecule has 0 unspecified atom stereocenters. The highest BCUT2D eigenvalue weighted by atomic mass is 19.1. The lowest BCUT2D eigenvalue weighted by Crippen LogP contribution is -1.93. The van der Waals surface area contributed by atoms with Crippen LogP contribution in [0.1, 0.15) is 0 Å². The first kappa shape index (κ1) is 8.68. The lowest BCUT2D eigenvalue weighted by molar-refractivity contribution is -0.387. The van der Waals surface area contributed by atoms with E-state index >= 15 is 0 Å². The summed E-state index contributed by atoms with van der Waals surface area (Å²) in [5.74, 6) is -0.802. The van der Waals surface area contributed by atoms with Crippen LogP contribution in [-0.2, 0) is 7.05 Å². The van der Waals surface area contributed by atoms with Gasteiger partial charge in [0, 0.05) is 30.8 Å². The molecule has 0 bridgehead atoms. The molecule has 1 heterocycles. The number of hydrogen-bond acceptors (Lipinski definition) is 2. The fourth-order valence-corrected chi connectivity index (χ4v) is 1.42. The van der Waals surface area contributed by atoms with Crippen LogP contribution < -0.4 is 0 Å². The fraction of sp³-hybridized carbons (Fsp3) is 0.111. The summed E-state index contributed by atoms with van der Waals surface area (Å²) in [7, 11) is 1.76. The van der Waals surface area contributed by atoms with E-state index in [2.05, 4.69) is 0 Å². The summed E-state index contributed by atoms with van der Waals surface area (Å²) in [6, 6.07) is 4.12. The largest absolute Gasteiger partial charge is 0.350 e. The lowest BCUT2D eigenvalue weighted by Gasteiger charge is -1.97. The van der Waals surface area contributed by atoms with Crippen molar-refractivity contribution in [3.63, 3.8) is 0 Å². The van der Waals surface area contributed by atoms with Crippen molar-refractivity contribution in [1.29, 1.82) is 0 Å². The maximum Gasteiger partial charge on any atom is 0.305 e. The second-order valence-electron chi connectivity index (χ2n) is 3.05. The van der Waals surface area contributed by atoms with E-state index in [1.807, 2.05) is 0 Å². The molecule has 4 nitrogen and oxygen atoms in total. The lowest BCUT2D eigenvalue weighted by atomic mass is 10.2. The Bertz CT molecular complexity index is 519. The predicted molar refractivity (Wildman–Crippen MR) is 49.5 cm³/mol. The van der Waals surface area contributed by atoms with Crippen molar-refractivity contribution in [2.24, 2.45) is 7.05 Å². The molecule has 14 heavy (non-hydrogen) atoms. The van der Waals surface area contributed by atoms with Crippen molar-refractivity contribution in [1.82, 2.24) is 4.57 Å². The summed E-state index contributed by atoms with van der Waals surface area (Å²) in [6.45, 7) is 0. The number of fused-ring (bicyclic) bond motifs is 1. The van der Waals surface area contributed by atoms with Crippen molar-refractivity contribution in [2.75, 3.05) is 0 Å². The zero-order chi connectivity index (χ0) is 10.3. The first-order valence-electron chi connectivity index (χ1n) is 3.98. The Hall–Kier alpha value is -1.91. The molecule has 0 spiro atoms. The van der Waals surface area contributed by atoms with Crippen molar-refractivity contribution in [2.45, 2.75) is 0 Å². The second kappa shape index (κ2) is 2.80. The minimum absolute atomic E-state index is 0.483. The molecule has 1 aromatic carbocycles. The van der Waals surface area contributed by atoms with Crippen LogP contribution in [0.15, 0.2) is 24.4 Å². The number of nitro benzene ring substituents is 1. The van der Waals surface area contributed by atoms with Gasteiger partial charge in [-0.1, -0.05) is 0 Å². The topological polar surface area (TPSA) is 48.1 Å². The summed E-state index contributed by atoms with van der Waals surface area (Å²) in [5.41, 5.74) is 0.164. The Labute approximate surface area is 78.7 Å². The number of aromatic nitrogens is 1. The number of aryl methyl sites for hydroxylation is 1. The molecule has 72 valence electrons. The van der Waals surface area contributed by atoms with Crippen molar-refractivity contribution < 1.29 is 9.31 Å². The third-order valence-corrected chi connectivity index (χ3v) is 2.15. The molecule has 0 amide bonds. The van der Waals surface area contributed by atoms with Gasteiger partial charge in [0.1, 0.15) is 0 Å². The van der Waals surface area contributed by atoms with Gasteiger partial charge in [-0.05, 0) is 6.07 Å². The minimum atomic E-state index is -0.802. The molecule has 0 saturated heterocycles. The van der Waals surface area contributed by atoms with Gasteiger partial charge in [-0.15, -0.1) is 0 Å². The van der Waals surface area contributed by atoms with Crippen LogP contribution in [0.4, 0.5) is 10.1 Å². The first-order valence-corrected chi connectivity index (χ1v) is 3.98. The molecule has 0 fully saturated rings. The van der Waals surface area contributed by atoms with Crippen LogP contribution >= 0.6 is 0 Å². The quantitative estimate of drug-likeness (QED) is 0.516. The second-order valence-corrected chi connectivity index (χ2v) is 3.05. The Kier molecular flexibility index (Phi) is 1.73. The summed E-state index contributed by atoms with van der Waals surface area (Å²) in [4.78, 5) is 9.71. The summed E-state index contributed by atoms with van der Waals surface area (Å²) in [6.07, 6.45) is 1.73. The van der Waals surface area contributed by atoms with Crippen molar-refractivity contribution in [3.8, 4) is 0 Å². The summed E-state index contributed by atoms with van der Waals surface area (Å²) < 4.78 is 14.9. The van der Waals surface area contributed by atoms with Gasteiger partial charge in [0.05, 0.1) is 10.4 Å². The molecule has 1 aromatic heterocycles. The number of halogens is 1. The average Bonchev–Trinajstić information content (AvgIpc) is 2.46. The summed E-state index contributed by atoms with van der Waals surface area (Å²) >= 11 is 0. The smallest absolute Gasteiger partial charge is 0.305 e. The standard InChI is InChI=1S/C9H7FN2O2/c1-11-3-2-6-4-9(12(13)14)7(10)5-8(6)11/h2-5H,1H3. The van der Waals surface area contributed by atoms with E-state index in [0.29, 0.717) is 10.9 Å². The molecule has 0 aliphatic heterocycles. The van der Waals surface area contributed by atoms with Gasteiger partial charge in [-0.3, -0.25) is 10.1 Å². The van der Waals surface area contributed by atoms with Gasteiger partial charge < -0.3 is 4.57 Å². The van der Waals surface area contributed by atoms with E-state index in [1.165, 1.54) is 12.1 Å². The maximum absolute atomic E-state index is 13.2. The third kappa shape index (κ3) is 1.14. The van der Waals surface area contributed by atoms with Crippen LogP contribution in [0, 0.1) is 15.9 Å². The number of benzene rings is 1. The van der Waals surface area contributed by atoms with E-state index in [4.69, 9.17) is 0 Å². The molecule has 2 aromatic rings. The van der Waals surface area contributed by atoms with Gasteiger partial charge >= 0.3 is 5.69 Å². The molecule has 0 aliphatic rings. The highest BCUT2D eigenvalue weighted by Gasteiger charge is 2.15. The van der Waals surface area contributed by atoms with Crippen LogP contribution in [-0.4, -0.2) is 9.49 Å². The average molecular weight is 194 g/mol. The van der Waals surface area contributed by atoms with Gasteiger partial charge in [-0.2, -0.15) is 4.39 Å². The number of nitrogens with zero attached hydrogens (tertiary/aromatic N) is 2. The minimum Gasteiger partial charge on any atom is -0.350 e. The van der Waals surface area contributed by atoms with Gasteiger partial charge in [0.2, 0.25) is 5.82 Å². The van der Waals surface area contributed by atoms with Crippen molar-refractivity contribution in [3.05, 3.63) is 40.3 Å². The van der Waals surface area contributed by atoms with E-state index in [1.54, 1.807) is 23.9 Å². The molecule has 0 atom stereocenters. The van der Waals surface area contributed by atoms with E-state index in [0.717, 1.165) is 0 Å². The highest BCUT2D eigenvalue weighted by Crippen LogP contribution is 2.24. The SMILES string of the molecule is Cn1ccc2cc([N+](=O)[O-])c(F)cc21. The van der Waals surface area contributed by atoms with Crippen LogP contribution in [0.2, 0.25) is 0 Å². The predicted octanol–water partition coefficient (Wildman–Crippen LogP) is 2.23. The maximum atomic E-state index is 13.2. The number of hydrogen-bond donors (Lipinski definition) is 0. The van der Waals surface area contributed by atoms with Crippen LogP contribution in [0.3, 0.4) is 0 Å². The molecule has 0 radical (unpaired) electrons. The molecule has 5 heteroatoms. The fourth-order valence-electron chi connectivity index (χ4n) is 1.42.